The quantitative estimate of drug-likeness (QED) is 0.734. The summed E-state index contributed by atoms with van der Waals surface area (Å²) in [4.78, 5) is 2.41. The molecular weight excluding hydrogens is 210 g/mol. The number of allylic oxidation sites excluding steroid dienone is 1. The van der Waals surface area contributed by atoms with E-state index in [1.807, 2.05) is 0 Å². The van der Waals surface area contributed by atoms with Gasteiger partial charge in [0, 0.05) is 11.0 Å². The number of rotatable bonds is 1. The number of methoxy groups -OCH3 is 1. The fourth-order valence-corrected chi connectivity index (χ4v) is 3.11. The molecule has 2 aliphatic rings. The van der Waals surface area contributed by atoms with Crippen LogP contribution in [0.3, 0.4) is 0 Å². The van der Waals surface area contributed by atoms with Crippen molar-refractivity contribution in [3.63, 3.8) is 0 Å². The SMILES string of the molecule is COc1cccc2c1C=CC21CCN(C)CC1. The normalized spacial score (nSPS) is 21.8. The van der Waals surface area contributed by atoms with Gasteiger partial charge in [-0.3, -0.25) is 0 Å². The van der Waals surface area contributed by atoms with E-state index in [1.165, 1.54) is 37.1 Å². The van der Waals surface area contributed by atoms with Crippen LogP contribution < -0.4 is 4.74 Å². The van der Waals surface area contributed by atoms with Crippen LogP contribution in [0.25, 0.3) is 6.08 Å². The lowest BCUT2D eigenvalue weighted by Crippen LogP contribution is -2.38. The van der Waals surface area contributed by atoms with Crippen molar-refractivity contribution in [1.82, 2.24) is 4.90 Å². The molecule has 0 saturated carbocycles. The fourth-order valence-electron chi connectivity index (χ4n) is 3.11. The first-order chi connectivity index (χ1) is 8.25. The average Bonchev–Trinajstić information content (AvgIpc) is 2.73. The number of piperidine rings is 1. The van der Waals surface area contributed by atoms with Gasteiger partial charge in [-0.2, -0.15) is 0 Å². The van der Waals surface area contributed by atoms with Crippen LogP contribution in [0.4, 0.5) is 0 Å². The van der Waals surface area contributed by atoms with E-state index in [2.05, 4.69) is 42.3 Å². The van der Waals surface area contributed by atoms with Gasteiger partial charge in [0.2, 0.25) is 0 Å². The third kappa shape index (κ3) is 1.59. The Labute approximate surface area is 103 Å². The maximum Gasteiger partial charge on any atom is 0.126 e. The van der Waals surface area contributed by atoms with Crippen molar-refractivity contribution in [2.24, 2.45) is 0 Å². The summed E-state index contributed by atoms with van der Waals surface area (Å²) in [5.41, 5.74) is 3.03. The molecule has 1 saturated heterocycles. The van der Waals surface area contributed by atoms with Gasteiger partial charge in [-0.15, -0.1) is 0 Å². The van der Waals surface area contributed by atoms with Crippen LogP contribution in [0.1, 0.15) is 24.0 Å². The first kappa shape index (κ1) is 10.8. The zero-order valence-electron chi connectivity index (χ0n) is 10.6. The highest BCUT2D eigenvalue weighted by Gasteiger charge is 2.38. The Kier molecular flexibility index (Phi) is 2.48. The molecule has 0 amide bonds. The van der Waals surface area contributed by atoms with Crippen molar-refractivity contribution in [1.29, 1.82) is 0 Å². The summed E-state index contributed by atoms with van der Waals surface area (Å²) >= 11 is 0. The molecule has 0 N–H and O–H groups in total. The molecule has 1 aliphatic carbocycles. The van der Waals surface area contributed by atoms with Crippen molar-refractivity contribution in [3.8, 4) is 5.75 Å². The lowest BCUT2D eigenvalue weighted by Gasteiger charge is -2.37. The highest BCUT2D eigenvalue weighted by atomic mass is 16.5. The number of hydrogen-bond acceptors (Lipinski definition) is 2. The van der Waals surface area contributed by atoms with Crippen molar-refractivity contribution in [2.75, 3.05) is 27.2 Å². The molecule has 3 rings (SSSR count). The van der Waals surface area contributed by atoms with Gasteiger partial charge in [-0.05, 0) is 44.6 Å². The molecule has 0 unspecified atom stereocenters. The number of nitrogens with zero attached hydrogens (tertiary/aromatic N) is 1. The van der Waals surface area contributed by atoms with Gasteiger partial charge < -0.3 is 9.64 Å². The Morgan fingerprint density at radius 1 is 1.24 bits per heavy atom. The number of likely N-dealkylation sites (tertiary alicyclic amines) is 1. The zero-order valence-corrected chi connectivity index (χ0v) is 10.6. The van der Waals surface area contributed by atoms with E-state index < -0.39 is 0 Å². The van der Waals surface area contributed by atoms with E-state index in [0.717, 1.165) is 5.75 Å². The van der Waals surface area contributed by atoms with E-state index in [-0.39, 0.29) is 5.41 Å². The van der Waals surface area contributed by atoms with Crippen LogP contribution in [-0.2, 0) is 5.41 Å². The van der Waals surface area contributed by atoms with Crippen LogP contribution in [0, 0.1) is 0 Å². The Morgan fingerprint density at radius 3 is 2.71 bits per heavy atom. The molecule has 17 heavy (non-hydrogen) atoms. The summed E-state index contributed by atoms with van der Waals surface area (Å²) in [5, 5.41) is 0. The largest absolute Gasteiger partial charge is 0.496 e. The molecule has 1 heterocycles. The van der Waals surface area contributed by atoms with E-state index in [4.69, 9.17) is 4.74 Å². The molecule has 0 aromatic heterocycles. The van der Waals surface area contributed by atoms with Gasteiger partial charge >= 0.3 is 0 Å². The number of ether oxygens (including phenoxy) is 1. The van der Waals surface area contributed by atoms with Crippen molar-refractivity contribution in [3.05, 3.63) is 35.4 Å². The minimum Gasteiger partial charge on any atom is -0.496 e. The Bertz CT molecular complexity index is 456. The fraction of sp³-hybridized carbons (Fsp3) is 0.467. The van der Waals surface area contributed by atoms with Crippen molar-refractivity contribution < 1.29 is 4.74 Å². The highest BCUT2D eigenvalue weighted by molar-refractivity contribution is 5.70. The molecule has 0 atom stereocenters. The second-order valence-corrected chi connectivity index (χ2v) is 5.21. The molecular formula is C15H19NO. The summed E-state index contributed by atoms with van der Waals surface area (Å²) in [7, 11) is 3.96. The molecule has 1 spiro atoms. The summed E-state index contributed by atoms with van der Waals surface area (Å²) in [6.45, 7) is 2.36. The van der Waals surface area contributed by atoms with Crippen LogP contribution in [-0.4, -0.2) is 32.1 Å². The number of fused-ring (bicyclic) bond motifs is 2. The second-order valence-electron chi connectivity index (χ2n) is 5.21. The lowest BCUT2D eigenvalue weighted by molar-refractivity contribution is 0.219. The van der Waals surface area contributed by atoms with E-state index in [0.29, 0.717) is 0 Å². The Balaban J connectivity index is 2.02. The standard InChI is InChI=1S/C15H19NO/c1-16-10-8-15(9-11-16)7-6-12-13(15)4-3-5-14(12)17-2/h3-7H,8-11H2,1-2H3. The van der Waals surface area contributed by atoms with Crippen molar-refractivity contribution >= 4 is 6.08 Å². The molecule has 0 radical (unpaired) electrons. The molecule has 90 valence electrons. The second kappa shape index (κ2) is 3.88. The predicted octanol–water partition coefficient (Wildman–Crippen LogP) is 2.69. The molecule has 1 aromatic rings. The molecule has 2 heteroatoms. The Morgan fingerprint density at radius 2 is 2.00 bits per heavy atom. The summed E-state index contributed by atoms with van der Waals surface area (Å²) < 4.78 is 5.45. The molecule has 2 nitrogen and oxygen atoms in total. The number of benzene rings is 1. The monoisotopic (exact) mass is 229 g/mol. The van der Waals surface area contributed by atoms with Crippen LogP contribution in [0.5, 0.6) is 5.75 Å². The molecule has 0 bridgehead atoms. The molecule has 1 aromatic carbocycles. The highest BCUT2D eigenvalue weighted by Crippen LogP contribution is 2.46. The Hall–Kier alpha value is -1.28. The number of hydrogen-bond donors (Lipinski definition) is 0. The minimum absolute atomic E-state index is 0.274. The average molecular weight is 229 g/mol. The van der Waals surface area contributed by atoms with E-state index >= 15 is 0 Å². The third-order valence-electron chi connectivity index (χ3n) is 4.27. The lowest BCUT2D eigenvalue weighted by atomic mass is 9.74. The minimum atomic E-state index is 0.274. The van der Waals surface area contributed by atoms with Gasteiger partial charge in [0.15, 0.2) is 0 Å². The van der Waals surface area contributed by atoms with E-state index in [9.17, 15) is 0 Å². The maximum atomic E-state index is 5.45. The van der Waals surface area contributed by atoms with Gasteiger partial charge in [-0.1, -0.05) is 24.3 Å². The van der Waals surface area contributed by atoms with Crippen LogP contribution >= 0.6 is 0 Å². The van der Waals surface area contributed by atoms with Crippen molar-refractivity contribution in [2.45, 2.75) is 18.3 Å². The summed E-state index contributed by atoms with van der Waals surface area (Å²) in [6, 6.07) is 6.44. The molecule has 1 fully saturated rings. The zero-order chi connectivity index (χ0) is 11.9. The van der Waals surface area contributed by atoms with E-state index in [1.54, 1.807) is 7.11 Å². The molecule has 1 aliphatic heterocycles. The summed E-state index contributed by atoms with van der Waals surface area (Å²) in [6.07, 6.45) is 7.09. The van der Waals surface area contributed by atoms with Gasteiger partial charge in [0.25, 0.3) is 0 Å². The van der Waals surface area contributed by atoms with Crippen LogP contribution in [0.2, 0.25) is 0 Å². The first-order valence-corrected chi connectivity index (χ1v) is 6.30. The third-order valence-corrected chi connectivity index (χ3v) is 4.27. The first-order valence-electron chi connectivity index (χ1n) is 6.30. The smallest absolute Gasteiger partial charge is 0.126 e. The predicted molar refractivity (Wildman–Crippen MR) is 70.4 cm³/mol. The maximum absolute atomic E-state index is 5.45. The topological polar surface area (TPSA) is 12.5 Å². The van der Waals surface area contributed by atoms with Gasteiger partial charge in [0.1, 0.15) is 5.75 Å². The summed E-state index contributed by atoms with van der Waals surface area (Å²) in [5.74, 6) is 1.01. The van der Waals surface area contributed by atoms with Crippen LogP contribution in [0.15, 0.2) is 24.3 Å². The van der Waals surface area contributed by atoms with Gasteiger partial charge in [-0.25, -0.2) is 0 Å². The van der Waals surface area contributed by atoms with Gasteiger partial charge in [0.05, 0.1) is 7.11 Å².